The molecule has 1 radical (unpaired) electrons. The van der Waals surface area contributed by atoms with Crippen molar-refractivity contribution in [2.75, 3.05) is 0 Å². The normalized spacial score (nSPS) is 8.83. The number of carbonyl (C=O) groups excluding carboxylic acids is 2. The van der Waals surface area contributed by atoms with Gasteiger partial charge in [0.2, 0.25) is 0 Å². The van der Waals surface area contributed by atoms with Gasteiger partial charge in [-0.25, -0.2) is 0 Å². The fraction of sp³-hybridized carbons (Fsp3) is 0.125. The Morgan fingerprint density at radius 3 is 1.29 bits per heavy atom. The van der Waals surface area contributed by atoms with E-state index >= 15 is 0 Å². The number of ketones is 2. The number of halogens is 2. The van der Waals surface area contributed by atoms with E-state index in [2.05, 4.69) is 31.9 Å². The molecule has 0 saturated carbocycles. The summed E-state index contributed by atoms with van der Waals surface area (Å²) in [5.74, 6) is -0.214. The summed E-state index contributed by atoms with van der Waals surface area (Å²) < 4.78 is 1.58. The minimum absolute atomic E-state index is 0. The van der Waals surface area contributed by atoms with Crippen LogP contribution in [0, 0.1) is 0 Å². The summed E-state index contributed by atoms with van der Waals surface area (Å²) in [6.45, 7) is 2.84. The van der Waals surface area contributed by atoms with Crippen molar-refractivity contribution in [3.63, 3.8) is 0 Å². The second-order valence-corrected chi connectivity index (χ2v) is 6.27. The van der Waals surface area contributed by atoms with Crippen molar-refractivity contribution < 1.29 is 43.8 Å². The molecule has 0 aliphatic carbocycles. The fourth-order valence-electron chi connectivity index (χ4n) is 1.58. The maximum absolute atomic E-state index is 10.8. The summed E-state index contributed by atoms with van der Waals surface area (Å²) in [5.41, 5.74) is 0.693. The van der Waals surface area contributed by atoms with Crippen molar-refractivity contribution >= 4 is 43.4 Å². The molecule has 0 fully saturated rings. The van der Waals surface area contributed by atoms with Crippen molar-refractivity contribution in [3.8, 4) is 11.5 Å². The van der Waals surface area contributed by atoms with E-state index in [0.717, 1.165) is 8.95 Å². The topological polar surface area (TPSA) is 103 Å². The van der Waals surface area contributed by atoms with Crippen LogP contribution in [-0.2, 0) is 24.0 Å². The molecule has 0 unspecified atom stereocenters. The average Bonchev–Trinajstić information content (AvgIpc) is 2.44. The van der Waals surface area contributed by atoms with Crippen LogP contribution in [0.5, 0.6) is 11.5 Å². The SMILES string of the molecule is CC(=O)c1cc(Br)ccc1O.CC(=O)c1cc(Br)ccc1O.[O-2].[V+2]. The number of aromatic hydroxyl groups is 2. The Bertz CT molecular complexity index is 658. The molecule has 2 N–H and O–H groups in total. The molecule has 24 heavy (non-hydrogen) atoms. The third-order valence-electron chi connectivity index (χ3n) is 2.68. The van der Waals surface area contributed by atoms with Gasteiger partial charge in [-0.15, -0.1) is 0 Å². The molecule has 0 saturated heterocycles. The van der Waals surface area contributed by atoms with Gasteiger partial charge in [-0.3, -0.25) is 9.59 Å². The third-order valence-corrected chi connectivity index (χ3v) is 3.66. The Morgan fingerprint density at radius 2 is 1.08 bits per heavy atom. The smallest absolute Gasteiger partial charge is 2.00 e. The number of rotatable bonds is 2. The monoisotopic (exact) mass is 495 g/mol. The number of phenolic OH excluding ortho intramolecular Hbond substituents is 2. The van der Waals surface area contributed by atoms with Crippen LogP contribution in [0.3, 0.4) is 0 Å². The average molecular weight is 497 g/mol. The van der Waals surface area contributed by atoms with E-state index in [1.54, 1.807) is 24.3 Å². The van der Waals surface area contributed by atoms with Gasteiger partial charge in [0.05, 0.1) is 11.1 Å². The van der Waals surface area contributed by atoms with Crippen LogP contribution in [0.15, 0.2) is 45.3 Å². The van der Waals surface area contributed by atoms with Crippen LogP contribution in [0.4, 0.5) is 0 Å². The molecule has 0 bridgehead atoms. The molecule has 2 rings (SSSR count). The molecule has 0 aliphatic heterocycles. The maximum Gasteiger partial charge on any atom is 2.00 e. The predicted octanol–water partition coefficient (Wildman–Crippen LogP) is 4.59. The summed E-state index contributed by atoms with van der Waals surface area (Å²) in [6.07, 6.45) is 0. The van der Waals surface area contributed by atoms with Gasteiger partial charge in [0, 0.05) is 8.95 Å². The van der Waals surface area contributed by atoms with Crippen LogP contribution in [0.1, 0.15) is 34.6 Å². The van der Waals surface area contributed by atoms with E-state index in [1.165, 1.54) is 26.0 Å². The van der Waals surface area contributed by atoms with E-state index in [0.29, 0.717) is 11.1 Å². The summed E-state index contributed by atoms with van der Waals surface area (Å²) in [7, 11) is 0. The standard InChI is InChI=1S/2C8H7BrO2.O.V/c2*1-5(10)7-4-6(9)2-3-8(7)11;;/h2*2-4,11H,1H3;;/q;;-2;+2. The molecule has 0 aromatic heterocycles. The summed E-state index contributed by atoms with van der Waals surface area (Å²) >= 11 is 6.40. The van der Waals surface area contributed by atoms with Crippen LogP contribution in [-0.4, -0.2) is 21.8 Å². The van der Waals surface area contributed by atoms with Gasteiger partial charge >= 0.3 is 18.6 Å². The van der Waals surface area contributed by atoms with Crippen LogP contribution in [0.25, 0.3) is 0 Å². The molecule has 0 heterocycles. The molecule has 0 aliphatic rings. The summed E-state index contributed by atoms with van der Waals surface area (Å²) in [6, 6.07) is 9.53. The second-order valence-electron chi connectivity index (χ2n) is 4.44. The van der Waals surface area contributed by atoms with Crippen molar-refractivity contribution in [1.82, 2.24) is 0 Å². The van der Waals surface area contributed by atoms with Gasteiger partial charge in [0.15, 0.2) is 11.6 Å². The third kappa shape index (κ3) is 7.64. The number of phenols is 2. The molecule has 8 heteroatoms. The molecule has 5 nitrogen and oxygen atoms in total. The minimum Gasteiger partial charge on any atom is -2.00 e. The van der Waals surface area contributed by atoms with Gasteiger partial charge in [0.1, 0.15) is 11.5 Å². The minimum atomic E-state index is -0.135. The molecular weight excluding hydrogens is 483 g/mol. The first kappa shape index (κ1) is 25.1. The van der Waals surface area contributed by atoms with E-state index in [4.69, 9.17) is 10.2 Å². The van der Waals surface area contributed by atoms with Gasteiger partial charge in [-0.2, -0.15) is 0 Å². The second kappa shape index (κ2) is 11.4. The van der Waals surface area contributed by atoms with Crippen LogP contribution >= 0.6 is 31.9 Å². The number of carbonyl (C=O) groups is 2. The molecule has 0 atom stereocenters. The Kier molecular flexibility index (Phi) is 12.0. The van der Waals surface area contributed by atoms with Crippen LogP contribution in [0.2, 0.25) is 0 Å². The van der Waals surface area contributed by atoms with Crippen molar-refractivity contribution in [1.29, 1.82) is 0 Å². The van der Waals surface area contributed by atoms with E-state index in [-0.39, 0.29) is 47.1 Å². The first-order valence-electron chi connectivity index (χ1n) is 6.21. The van der Waals surface area contributed by atoms with Gasteiger partial charge in [0.25, 0.3) is 0 Å². The summed E-state index contributed by atoms with van der Waals surface area (Å²) in [4.78, 5) is 21.7. The zero-order chi connectivity index (χ0) is 16.9. The van der Waals surface area contributed by atoms with E-state index < -0.39 is 0 Å². The Hall–Kier alpha value is -1.12. The molecule has 2 aromatic rings. The van der Waals surface area contributed by atoms with Crippen LogP contribution < -0.4 is 0 Å². The zero-order valence-corrected chi connectivity index (χ0v) is 17.4. The van der Waals surface area contributed by atoms with E-state index in [1.807, 2.05) is 0 Å². The van der Waals surface area contributed by atoms with Crippen molar-refractivity contribution in [2.45, 2.75) is 13.8 Å². The number of Topliss-reactive ketones (excluding diaryl/α,β-unsaturated/α-hetero) is 2. The van der Waals surface area contributed by atoms with Gasteiger partial charge < -0.3 is 15.7 Å². The number of hydrogen-bond donors (Lipinski definition) is 2. The van der Waals surface area contributed by atoms with Gasteiger partial charge in [-0.05, 0) is 50.2 Å². The molecular formula is C16H14Br2O5V. The first-order valence-corrected chi connectivity index (χ1v) is 7.80. The largest absolute Gasteiger partial charge is 2.00 e. The predicted molar refractivity (Wildman–Crippen MR) is 92.3 cm³/mol. The fourth-order valence-corrected chi connectivity index (χ4v) is 2.30. The first-order chi connectivity index (χ1) is 10.2. The maximum atomic E-state index is 10.8. The van der Waals surface area contributed by atoms with Crippen molar-refractivity contribution in [3.05, 3.63) is 56.5 Å². The molecule has 127 valence electrons. The molecule has 0 amide bonds. The van der Waals surface area contributed by atoms with Gasteiger partial charge in [-0.1, -0.05) is 31.9 Å². The molecule has 2 aromatic carbocycles. The quantitative estimate of drug-likeness (QED) is 0.593. The number of benzene rings is 2. The Labute approximate surface area is 168 Å². The zero-order valence-electron chi connectivity index (χ0n) is 12.8. The van der Waals surface area contributed by atoms with Crippen molar-refractivity contribution in [2.24, 2.45) is 0 Å². The number of hydrogen-bond acceptors (Lipinski definition) is 4. The summed E-state index contributed by atoms with van der Waals surface area (Å²) in [5, 5.41) is 18.3. The Morgan fingerprint density at radius 1 is 0.792 bits per heavy atom. The van der Waals surface area contributed by atoms with E-state index in [9.17, 15) is 9.59 Å². The molecule has 0 spiro atoms. The Balaban J connectivity index is 0.